The molecule has 1 saturated carbocycles. The fourth-order valence-electron chi connectivity index (χ4n) is 1.74. The Bertz CT molecular complexity index is 472. The Morgan fingerprint density at radius 2 is 2.44 bits per heavy atom. The van der Waals surface area contributed by atoms with E-state index in [1.54, 1.807) is 12.3 Å². The average Bonchev–Trinajstić information content (AvgIpc) is 3.19. The molecule has 0 radical (unpaired) electrons. The smallest absolute Gasteiger partial charge is 0.253 e. The molecule has 0 unspecified atom stereocenters. The molecule has 1 atom stereocenters. The highest BCUT2D eigenvalue weighted by Gasteiger charge is 2.30. The molecule has 1 aromatic rings. The molecule has 18 heavy (non-hydrogen) atoms. The second-order valence-electron chi connectivity index (χ2n) is 4.36. The molecule has 2 rings (SSSR count). The third-order valence-corrected chi connectivity index (χ3v) is 3.33. The number of amides is 1. The number of carbonyl (C=O) groups is 1. The molecule has 0 bridgehead atoms. The lowest BCUT2D eigenvalue weighted by molar-refractivity contribution is 0.0928. The zero-order valence-corrected chi connectivity index (χ0v) is 11.5. The number of rotatable bonds is 5. The van der Waals surface area contributed by atoms with Crippen molar-refractivity contribution >= 4 is 21.8 Å². The van der Waals surface area contributed by atoms with Crippen molar-refractivity contribution in [2.75, 3.05) is 6.61 Å². The highest BCUT2D eigenvalue weighted by Crippen LogP contribution is 2.40. The van der Waals surface area contributed by atoms with E-state index in [4.69, 9.17) is 5.11 Å². The van der Waals surface area contributed by atoms with Crippen LogP contribution in [0.5, 0.6) is 0 Å². The van der Waals surface area contributed by atoms with Gasteiger partial charge in [-0.1, -0.05) is 6.08 Å². The van der Waals surface area contributed by atoms with Crippen LogP contribution in [0, 0.1) is 0 Å². The van der Waals surface area contributed by atoms with Crippen LogP contribution >= 0.6 is 15.9 Å². The number of carbonyl (C=O) groups excluding carboxylic acids is 1. The topological polar surface area (TPSA) is 62.2 Å². The number of hydrogen-bond acceptors (Lipinski definition) is 3. The van der Waals surface area contributed by atoms with E-state index in [0.717, 1.165) is 23.0 Å². The van der Waals surface area contributed by atoms with E-state index in [9.17, 15) is 4.79 Å². The lowest BCUT2D eigenvalue weighted by atomic mass is 10.1. The normalized spacial score (nSPS) is 16.1. The molecule has 1 fully saturated rings. The van der Waals surface area contributed by atoms with Gasteiger partial charge in [0.1, 0.15) is 0 Å². The Kier molecular flexibility index (Phi) is 4.14. The van der Waals surface area contributed by atoms with E-state index in [0.29, 0.717) is 11.5 Å². The van der Waals surface area contributed by atoms with Crippen molar-refractivity contribution < 1.29 is 9.90 Å². The largest absolute Gasteiger partial charge is 0.394 e. The van der Waals surface area contributed by atoms with Crippen molar-refractivity contribution in [3.63, 3.8) is 0 Å². The second kappa shape index (κ2) is 5.63. The van der Waals surface area contributed by atoms with Gasteiger partial charge in [0.05, 0.1) is 23.9 Å². The van der Waals surface area contributed by atoms with E-state index >= 15 is 0 Å². The van der Waals surface area contributed by atoms with E-state index < -0.39 is 6.04 Å². The number of aromatic nitrogens is 1. The summed E-state index contributed by atoms with van der Waals surface area (Å²) < 4.78 is 0.774. The molecule has 1 aliphatic rings. The molecule has 0 spiro atoms. The molecule has 0 saturated heterocycles. The van der Waals surface area contributed by atoms with Crippen molar-refractivity contribution in [1.29, 1.82) is 0 Å². The monoisotopic (exact) mass is 310 g/mol. The van der Waals surface area contributed by atoms with Crippen LogP contribution in [-0.4, -0.2) is 28.6 Å². The average molecular weight is 311 g/mol. The van der Waals surface area contributed by atoms with Gasteiger partial charge in [0.15, 0.2) is 0 Å². The third kappa shape index (κ3) is 2.97. The Morgan fingerprint density at radius 3 is 3.00 bits per heavy atom. The van der Waals surface area contributed by atoms with Gasteiger partial charge in [-0.3, -0.25) is 9.78 Å². The van der Waals surface area contributed by atoms with Crippen molar-refractivity contribution in [3.8, 4) is 0 Å². The summed E-state index contributed by atoms with van der Waals surface area (Å²) >= 11 is 3.32. The number of aliphatic hydroxyl groups is 1. The predicted molar refractivity (Wildman–Crippen MR) is 72.4 cm³/mol. The molecule has 1 heterocycles. The number of nitrogens with one attached hydrogen (secondary N) is 1. The maximum atomic E-state index is 12.1. The molecule has 1 aliphatic carbocycles. The van der Waals surface area contributed by atoms with E-state index in [-0.39, 0.29) is 12.5 Å². The van der Waals surface area contributed by atoms with Gasteiger partial charge in [-0.25, -0.2) is 0 Å². The maximum absolute atomic E-state index is 12.1. The van der Waals surface area contributed by atoms with Gasteiger partial charge in [0, 0.05) is 16.6 Å². The summed E-state index contributed by atoms with van der Waals surface area (Å²) in [6.45, 7) is 3.41. The van der Waals surface area contributed by atoms with E-state index in [1.165, 1.54) is 6.08 Å². The van der Waals surface area contributed by atoms with Crippen LogP contribution in [0.4, 0.5) is 0 Å². The highest BCUT2D eigenvalue weighted by molar-refractivity contribution is 9.10. The van der Waals surface area contributed by atoms with E-state index in [1.807, 2.05) is 0 Å². The summed E-state index contributed by atoms with van der Waals surface area (Å²) in [6, 6.07) is 1.34. The van der Waals surface area contributed by atoms with Crippen LogP contribution in [-0.2, 0) is 0 Å². The van der Waals surface area contributed by atoms with Crippen molar-refractivity contribution in [3.05, 3.63) is 40.6 Å². The standard InChI is InChI=1S/C13H15BrN2O2/c1-2-10(7-17)16-13(18)11-5-9(14)6-15-12(11)8-3-4-8/h2,5-6,8,10,17H,1,3-4,7H2,(H,16,18)/t10-/m1/s1. The van der Waals surface area contributed by atoms with Crippen LogP contribution in [0.1, 0.15) is 34.8 Å². The lowest BCUT2D eigenvalue weighted by Crippen LogP contribution is -2.36. The first-order valence-electron chi connectivity index (χ1n) is 5.85. The van der Waals surface area contributed by atoms with E-state index in [2.05, 4.69) is 32.8 Å². The number of halogens is 1. The lowest BCUT2D eigenvalue weighted by Gasteiger charge is -2.13. The minimum atomic E-state index is -0.427. The molecule has 96 valence electrons. The minimum absolute atomic E-state index is 0.157. The third-order valence-electron chi connectivity index (χ3n) is 2.89. The summed E-state index contributed by atoms with van der Waals surface area (Å²) in [5, 5.41) is 11.8. The van der Waals surface area contributed by atoms with Crippen LogP contribution in [0.2, 0.25) is 0 Å². The molecular weight excluding hydrogens is 296 g/mol. The number of nitrogens with zero attached hydrogens (tertiary/aromatic N) is 1. The Labute approximate surface area is 114 Å². The first-order chi connectivity index (χ1) is 8.65. The van der Waals surface area contributed by atoms with Gasteiger partial charge in [0.25, 0.3) is 5.91 Å². The summed E-state index contributed by atoms with van der Waals surface area (Å²) in [4.78, 5) is 16.5. The summed E-state index contributed by atoms with van der Waals surface area (Å²) in [6.07, 6.45) is 5.39. The molecule has 0 aromatic carbocycles. The quantitative estimate of drug-likeness (QED) is 0.818. The molecular formula is C13H15BrN2O2. The fraction of sp³-hybridized carbons (Fsp3) is 0.385. The molecule has 4 nitrogen and oxygen atoms in total. The van der Waals surface area contributed by atoms with Gasteiger partial charge in [-0.15, -0.1) is 6.58 Å². The van der Waals surface area contributed by atoms with Crippen LogP contribution in [0.25, 0.3) is 0 Å². The molecule has 1 amide bonds. The van der Waals surface area contributed by atoms with Crippen molar-refractivity contribution in [2.45, 2.75) is 24.8 Å². The Morgan fingerprint density at radius 1 is 1.72 bits per heavy atom. The van der Waals surface area contributed by atoms with Gasteiger partial charge >= 0.3 is 0 Å². The number of aliphatic hydroxyl groups excluding tert-OH is 1. The summed E-state index contributed by atoms with van der Waals surface area (Å²) in [7, 11) is 0. The van der Waals surface area contributed by atoms with Crippen LogP contribution in [0.3, 0.4) is 0 Å². The Balaban J connectivity index is 2.22. The zero-order valence-electron chi connectivity index (χ0n) is 9.90. The van der Waals surface area contributed by atoms with Gasteiger partial charge in [-0.2, -0.15) is 0 Å². The summed E-state index contributed by atoms with van der Waals surface area (Å²) in [5.41, 5.74) is 1.42. The minimum Gasteiger partial charge on any atom is -0.394 e. The van der Waals surface area contributed by atoms with Crippen molar-refractivity contribution in [2.24, 2.45) is 0 Å². The molecule has 2 N–H and O–H groups in total. The van der Waals surface area contributed by atoms with Gasteiger partial charge in [0.2, 0.25) is 0 Å². The Hall–Kier alpha value is -1.20. The zero-order chi connectivity index (χ0) is 13.1. The van der Waals surface area contributed by atoms with Crippen molar-refractivity contribution in [1.82, 2.24) is 10.3 Å². The fourth-order valence-corrected chi connectivity index (χ4v) is 2.07. The van der Waals surface area contributed by atoms with Crippen LogP contribution in [0.15, 0.2) is 29.4 Å². The predicted octanol–water partition coefficient (Wildman–Crippen LogP) is 2.00. The highest BCUT2D eigenvalue weighted by atomic mass is 79.9. The molecule has 0 aliphatic heterocycles. The summed E-state index contributed by atoms with van der Waals surface area (Å²) in [5.74, 6) is 0.180. The van der Waals surface area contributed by atoms with Gasteiger partial charge < -0.3 is 10.4 Å². The van der Waals surface area contributed by atoms with Gasteiger partial charge in [-0.05, 0) is 34.8 Å². The first-order valence-corrected chi connectivity index (χ1v) is 6.64. The maximum Gasteiger partial charge on any atom is 0.253 e. The first kappa shape index (κ1) is 13.2. The number of hydrogen-bond donors (Lipinski definition) is 2. The molecule has 5 heteroatoms. The SMILES string of the molecule is C=C[C@H](CO)NC(=O)c1cc(Br)cnc1C1CC1. The number of pyridine rings is 1. The second-order valence-corrected chi connectivity index (χ2v) is 5.27. The molecule has 1 aromatic heterocycles. The van der Waals surface area contributed by atoms with Crippen LogP contribution < -0.4 is 5.32 Å².